The van der Waals surface area contributed by atoms with Crippen LogP contribution in [-0.2, 0) is 4.79 Å². The SMILES string of the molecule is Cc1noc(C)c1C(=O)N1C[C@H](C(=O)NC(C)C)[C@@H](c2ccnc(N3CCCCC3)n2)C1. The number of hydrogen-bond donors (Lipinski definition) is 1. The maximum atomic E-state index is 13.3. The minimum atomic E-state index is -0.383. The molecule has 0 unspecified atom stereocenters. The third-order valence-corrected chi connectivity index (χ3v) is 6.31. The second kappa shape index (κ2) is 9.26. The molecule has 2 aromatic rings. The van der Waals surface area contributed by atoms with Crippen LogP contribution >= 0.6 is 0 Å². The molecule has 172 valence electrons. The van der Waals surface area contributed by atoms with Crippen molar-refractivity contribution < 1.29 is 14.1 Å². The lowest BCUT2D eigenvalue weighted by molar-refractivity contribution is -0.125. The Balaban J connectivity index is 1.62. The molecule has 0 aromatic carbocycles. The number of piperidine rings is 1. The number of rotatable bonds is 5. The van der Waals surface area contributed by atoms with Gasteiger partial charge in [0.1, 0.15) is 11.3 Å². The van der Waals surface area contributed by atoms with Gasteiger partial charge < -0.3 is 19.6 Å². The molecule has 2 aliphatic rings. The van der Waals surface area contributed by atoms with Crippen molar-refractivity contribution in [2.45, 2.75) is 58.9 Å². The van der Waals surface area contributed by atoms with E-state index in [0.29, 0.717) is 36.1 Å². The fourth-order valence-electron chi connectivity index (χ4n) is 4.69. The van der Waals surface area contributed by atoms with E-state index in [-0.39, 0.29) is 29.7 Å². The third kappa shape index (κ3) is 4.47. The quantitative estimate of drug-likeness (QED) is 0.761. The topological polar surface area (TPSA) is 104 Å². The lowest BCUT2D eigenvalue weighted by atomic mass is 9.91. The van der Waals surface area contributed by atoms with Crippen LogP contribution in [0.25, 0.3) is 0 Å². The maximum absolute atomic E-state index is 13.3. The van der Waals surface area contributed by atoms with Crippen LogP contribution in [0.4, 0.5) is 5.95 Å². The molecule has 0 saturated carbocycles. The summed E-state index contributed by atoms with van der Waals surface area (Å²) in [7, 11) is 0. The number of anilines is 1. The third-order valence-electron chi connectivity index (χ3n) is 6.31. The van der Waals surface area contributed by atoms with Gasteiger partial charge in [-0.25, -0.2) is 9.97 Å². The summed E-state index contributed by atoms with van der Waals surface area (Å²) >= 11 is 0. The van der Waals surface area contributed by atoms with Gasteiger partial charge in [0, 0.05) is 44.3 Å². The first kappa shape index (κ1) is 22.2. The van der Waals surface area contributed by atoms with Crippen LogP contribution in [0.2, 0.25) is 0 Å². The summed E-state index contributed by atoms with van der Waals surface area (Å²) in [4.78, 5) is 39.6. The predicted molar refractivity (Wildman–Crippen MR) is 119 cm³/mol. The fourth-order valence-corrected chi connectivity index (χ4v) is 4.69. The van der Waals surface area contributed by atoms with Crippen LogP contribution in [0.15, 0.2) is 16.8 Å². The summed E-state index contributed by atoms with van der Waals surface area (Å²) in [6.45, 7) is 10.0. The van der Waals surface area contributed by atoms with E-state index in [1.54, 1.807) is 24.9 Å². The lowest BCUT2D eigenvalue weighted by Crippen LogP contribution is -2.39. The smallest absolute Gasteiger partial charge is 0.259 e. The first-order chi connectivity index (χ1) is 15.3. The molecule has 1 N–H and O–H groups in total. The van der Waals surface area contributed by atoms with Crippen LogP contribution in [-0.4, -0.2) is 64.1 Å². The van der Waals surface area contributed by atoms with Gasteiger partial charge in [-0.05, 0) is 53.0 Å². The van der Waals surface area contributed by atoms with Gasteiger partial charge in [-0.2, -0.15) is 0 Å². The van der Waals surface area contributed by atoms with E-state index in [9.17, 15) is 9.59 Å². The van der Waals surface area contributed by atoms with Crippen LogP contribution in [0.5, 0.6) is 0 Å². The van der Waals surface area contributed by atoms with Gasteiger partial charge >= 0.3 is 0 Å². The highest BCUT2D eigenvalue weighted by molar-refractivity contribution is 5.97. The zero-order chi connectivity index (χ0) is 22.8. The molecule has 9 nitrogen and oxygen atoms in total. The Hall–Kier alpha value is -2.97. The van der Waals surface area contributed by atoms with E-state index in [4.69, 9.17) is 9.51 Å². The molecule has 2 amide bonds. The number of nitrogens with zero attached hydrogens (tertiary/aromatic N) is 5. The van der Waals surface area contributed by atoms with Gasteiger partial charge in [-0.3, -0.25) is 9.59 Å². The number of carbonyl (C=O) groups excluding carboxylic acids is 2. The summed E-state index contributed by atoms with van der Waals surface area (Å²) in [5.74, 6) is 0.401. The lowest BCUT2D eigenvalue weighted by Gasteiger charge is -2.27. The van der Waals surface area contributed by atoms with E-state index in [0.717, 1.165) is 31.6 Å². The number of likely N-dealkylation sites (tertiary alicyclic amines) is 1. The number of nitrogens with one attached hydrogen (secondary N) is 1. The van der Waals surface area contributed by atoms with Gasteiger partial charge in [-0.15, -0.1) is 0 Å². The first-order valence-electron chi connectivity index (χ1n) is 11.5. The highest BCUT2D eigenvalue weighted by Crippen LogP contribution is 2.34. The van der Waals surface area contributed by atoms with Gasteiger partial charge in [0.2, 0.25) is 11.9 Å². The number of amides is 2. The molecule has 2 saturated heterocycles. The van der Waals surface area contributed by atoms with E-state index in [2.05, 4.69) is 20.4 Å². The van der Waals surface area contributed by atoms with Crippen molar-refractivity contribution >= 4 is 17.8 Å². The van der Waals surface area contributed by atoms with Crippen molar-refractivity contribution in [3.05, 3.63) is 35.0 Å². The first-order valence-corrected chi connectivity index (χ1v) is 11.5. The average molecular weight is 441 g/mol. The number of aryl methyl sites for hydroxylation is 2. The van der Waals surface area contributed by atoms with Gasteiger partial charge in [0.25, 0.3) is 5.91 Å². The van der Waals surface area contributed by atoms with Crippen LogP contribution in [0.1, 0.15) is 66.5 Å². The normalized spacial score (nSPS) is 21.3. The highest BCUT2D eigenvalue weighted by Gasteiger charge is 2.42. The molecular weight excluding hydrogens is 408 g/mol. The van der Waals surface area contributed by atoms with Gasteiger partial charge in [0.15, 0.2) is 0 Å². The summed E-state index contributed by atoms with van der Waals surface area (Å²) < 4.78 is 5.19. The number of aromatic nitrogens is 3. The zero-order valence-electron chi connectivity index (χ0n) is 19.3. The summed E-state index contributed by atoms with van der Waals surface area (Å²) in [6.07, 6.45) is 5.27. The second-order valence-corrected chi connectivity index (χ2v) is 9.11. The molecule has 4 rings (SSSR count). The van der Waals surface area contributed by atoms with Crippen molar-refractivity contribution in [2.75, 3.05) is 31.1 Å². The van der Waals surface area contributed by atoms with Gasteiger partial charge in [0.05, 0.1) is 17.3 Å². The molecule has 9 heteroatoms. The molecule has 4 heterocycles. The van der Waals surface area contributed by atoms with Crippen LogP contribution in [0, 0.1) is 19.8 Å². The predicted octanol–water partition coefficient (Wildman–Crippen LogP) is 2.45. The molecule has 0 bridgehead atoms. The van der Waals surface area contributed by atoms with Gasteiger partial charge in [-0.1, -0.05) is 5.16 Å². The van der Waals surface area contributed by atoms with Crippen molar-refractivity contribution in [2.24, 2.45) is 5.92 Å². The van der Waals surface area contributed by atoms with Crippen molar-refractivity contribution in [1.29, 1.82) is 0 Å². The molecule has 0 spiro atoms. The maximum Gasteiger partial charge on any atom is 0.259 e. The van der Waals surface area contributed by atoms with Crippen molar-refractivity contribution in [1.82, 2.24) is 25.3 Å². The Labute approximate surface area is 188 Å². The minimum absolute atomic E-state index is 0.0183. The Morgan fingerprint density at radius 1 is 1.16 bits per heavy atom. The zero-order valence-corrected chi connectivity index (χ0v) is 19.3. The summed E-state index contributed by atoms with van der Waals surface area (Å²) in [5.41, 5.74) is 1.84. The van der Waals surface area contributed by atoms with Crippen LogP contribution < -0.4 is 10.2 Å². The molecule has 0 aliphatic carbocycles. The molecule has 2 fully saturated rings. The van der Waals surface area contributed by atoms with Crippen molar-refractivity contribution in [3.8, 4) is 0 Å². The van der Waals surface area contributed by atoms with Crippen molar-refractivity contribution in [3.63, 3.8) is 0 Å². The standard InChI is InChI=1S/C23H32N6O3/c1-14(2)25-21(30)18-13-29(22(31)20-15(3)27-32-16(20)4)12-17(18)19-8-9-24-23(26-19)28-10-6-5-7-11-28/h8-9,14,17-18H,5-7,10-13H2,1-4H3,(H,25,30)/t17-,18-/m0/s1. The molecule has 2 atom stereocenters. The largest absolute Gasteiger partial charge is 0.361 e. The highest BCUT2D eigenvalue weighted by atomic mass is 16.5. The van der Waals surface area contributed by atoms with Crippen LogP contribution in [0.3, 0.4) is 0 Å². The Bertz CT molecular complexity index is 962. The Kier molecular flexibility index (Phi) is 6.43. The van der Waals surface area contributed by atoms with E-state index < -0.39 is 0 Å². The van der Waals surface area contributed by atoms with E-state index in [1.807, 2.05) is 19.9 Å². The minimum Gasteiger partial charge on any atom is -0.361 e. The number of hydrogen-bond acceptors (Lipinski definition) is 7. The monoisotopic (exact) mass is 440 g/mol. The van der Waals surface area contributed by atoms with E-state index in [1.165, 1.54) is 6.42 Å². The summed E-state index contributed by atoms with van der Waals surface area (Å²) in [6, 6.07) is 1.89. The molecule has 2 aliphatic heterocycles. The average Bonchev–Trinajstić information content (AvgIpc) is 3.37. The molecular formula is C23H32N6O3. The Morgan fingerprint density at radius 3 is 2.56 bits per heavy atom. The molecule has 0 radical (unpaired) electrons. The molecule has 32 heavy (non-hydrogen) atoms. The van der Waals surface area contributed by atoms with E-state index >= 15 is 0 Å². The Morgan fingerprint density at radius 2 is 1.91 bits per heavy atom. The molecule has 2 aromatic heterocycles. The fraction of sp³-hybridized carbons (Fsp3) is 0.609. The number of carbonyl (C=O) groups is 2. The second-order valence-electron chi connectivity index (χ2n) is 9.11. The summed E-state index contributed by atoms with van der Waals surface area (Å²) in [5, 5.41) is 6.93.